The molecule has 0 spiro atoms. The van der Waals surface area contributed by atoms with Crippen LogP contribution in [0.25, 0.3) is 5.69 Å². The zero-order valence-electron chi connectivity index (χ0n) is 18.8. The number of aryl methyl sites for hydroxylation is 4. The highest BCUT2D eigenvalue weighted by molar-refractivity contribution is 7.98. The molecule has 0 bridgehead atoms. The van der Waals surface area contributed by atoms with Gasteiger partial charge in [0.2, 0.25) is 5.91 Å². The Hall–Kier alpha value is -2.97. The largest absolute Gasteiger partial charge is 0.274 e. The summed E-state index contributed by atoms with van der Waals surface area (Å²) < 4.78 is 2.07. The van der Waals surface area contributed by atoms with Crippen LogP contribution in [0.15, 0.2) is 53.0 Å². The van der Waals surface area contributed by atoms with Gasteiger partial charge in [-0.3, -0.25) is 14.3 Å². The van der Waals surface area contributed by atoms with Gasteiger partial charge in [0.15, 0.2) is 10.3 Å². The van der Waals surface area contributed by atoms with Gasteiger partial charge in [0.1, 0.15) is 5.82 Å². The van der Waals surface area contributed by atoms with Gasteiger partial charge >= 0.3 is 0 Å². The maximum absolute atomic E-state index is 12.4. The lowest BCUT2D eigenvalue weighted by molar-refractivity contribution is -0.115. The molecule has 1 amide bonds. The zero-order valence-corrected chi connectivity index (χ0v) is 20.4. The number of hydrogen-bond acceptors (Lipinski definition) is 6. The van der Waals surface area contributed by atoms with Crippen LogP contribution in [0.2, 0.25) is 0 Å². The van der Waals surface area contributed by atoms with Crippen LogP contribution in [-0.4, -0.2) is 25.7 Å². The van der Waals surface area contributed by atoms with Crippen molar-refractivity contribution in [3.63, 3.8) is 0 Å². The second-order valence-corrected chi connectivity index (χ2v) is 9.46. The van der Waals surface area contributed by atoms with Crippen molar-refractivity contribution in [2.24, 2.45) is 0 Å². The van der Waals surface area contributed by atoms with Gasteiger partial charge in [-0.25, -0.2) is 4.98 Å². The third-order valence-electron chi connectivity index (χ3n) is 5.30. The van der Waals surface area contributed by atoms with E-state index >= 15 is 0 Å². The van der Waals surface area contributed by atoms with Crippen molar-refractivity contribution in [1.82, 2.24) is 19.7 Å². The predicted molar refractivity (Wildman–Crippen MR) is 131 cm³/mol. The summed E-state index contributed by atoms with van der Waals surface area (Å²) in [5, 5.41) is 12.1. The number of carbonyl (C=O) groups is 1. The molecule has 6 nitrogen and oxygen atoms in total. The summed E-state index contributed by atoms with van der Waals surface area (Å²) in [5.41, 5.74) is 6.33. The highest BCUT2D eigenvalue weighted by atomic mass is 32.2. The van der Waals surface area contributed by atoms with Gasteiger partial charge in [0, 0.05) is 18.1 Å². The molecular weight excluding hydrogens is 438 g/mol. The van der Waals surface area contributed by atoms with Gasteiger partial charge in [0.25, 0.3) is 0 Å². The lowest BCUT2D eigenvalue weighted by Crippen LogP contribution is -2.22. The van der Waals surface area contributed by atoms with Crippen LogP contribution in [0.5, 0.6) is 0 Å². The molecule has 0 aliphatic rings. The molecule has 0 unspecified atom stereocenters. The van der Waals surface area contributed by atoms with Crippen LogP contribution >= 0.6 is 23.1 Å². The molecule has 0 atom stereocenters. The molecule has 0 aliphatic heterocycles. The molecule has 0 saturated heterocycles. The van der Waals surface area contributed by atoms with Crippen molar-refractivity contribution >= 4 is 39.8 Å². The summed E-state index contributed by atoms with van der Waals surface area (Å²) in [5.74, 6) is 1.43. The summed E-state index contributed by atoms with van der Waals surface area (Å²) in [6, 6.07) is 14.2. The number of hydrogen-bond donors (Lipinski definition) is 0. The smallest absolute Gasteiger partial charge is 0.230 e. The summed E-state index contributed by atoms with van der Waals surface area (Å²) in [4.78, 5) is 18.9. The van der Waals surface area contributed by atoms with Crippen LogP contribution in [0, 0.1) is 27.7 Å². The van der Waals surface area contributed by atoms with Crippen LogP contribution in [0.3, 0.4) is 0 Å². The molecule has 0 radical (unpaired) electrons. The molecule has 4 aromatic rings. The summed E-state index contributed by atoms with van der Waals surface area (Å²) in [6.07, 6.45) is 0. The van der Waals surface area contributed by atoms with Crippen LogP contribution in [-0.2, 0) is 10.5 Å². The number of aromatic nitrogens is 4. The van der Waals surface area contributed by atoms with Crippen molar-refractivity contribution in [2.45, 2.75) is 45.5 Å². The summed E-state index contributed by atoms with van der Waals surface area (Å²) in [6.45, 7) is 9.72. The van der Waals surface area contributed by atoms with E-state index in [4.69, 9.17) is 4.98 Å². The average Bonchev–Trinajstić information content (AvgIpc) is 3.36. The molecule has 4 rings (SSSR count). The fraction of sp³-hybridized carbons (Fsp3) is 0.250. The lowest BCUT2D eigenvalue weighted by Gasteiger charge is -2.19. The van der Waals surface area contributed by atoms with E-state index in [1.54, 1.807) is 23.6 Å². The van der Waals surface area contributed by atoms with Gasteiger partial charge in [0.05, 0.1) is 17.1 Å². The molecule has 0 fully saturated rings. The monoisotopic (exact) mass is 463 g/mol. The Bertz CT molecular complexity index is 1280. The molecule has 0 saturated carbocycles. The number of amides is 1. The number of carbonyl (C=O) groups excluding carboxylic acids is 1. The average molecular weight is 464 g/mol. The van der Waals surface area contributed by atoms with E-state index in [1.807, 2.05) is 49.6 Å². The second-order valence-electron chi connectivity index (χ2n) is 7.68. The van der Waals surface area contributed by atoms with Crippen LogP contribution < -0.4 is 4.90 Å². The van der Waals surface area contributed by atoms with E-state index in [0.717, 1.165) is 33.6 Å². The lowest BCUT2D eigenvalue weighted by atomic mass is 10.1. The molecule has 2 heterocycles. The van der Waals surface area contributed by atoms with Crippen molar-refractivity contribution in [3.05, 3.63) is 76.1 Å². The molecule has 0 N–H and O–H groups in total. The van der Waals surface area contributed by atoms with Crippen molar-refractivity contribution < 1.29 is 4.79 Å². The Labute approximate surface area is 196 Å². The minimum atomic E-state index is -0.0586. The minimum absolute atomic E-state index is 0.0586. The van der Waals surface area contributed by atoms with Crippen LogP contribution in [0.4, 0.5) is 10.8 Å². The molecule has 32 heavy (non-hydrogen) atoms. The number of benzene rings is 2. The van der Waals surface area contributed by atoms with E-state index < -0.39 is 0 Å². The van der Waals surface area contributed by atoms with Crippen molar-refractivity contribution in [2.75, 3.05) is 4.90 Å². The highest BCUT2D eigenvalue weighted by Crippen LogP contribution is 2.32. The summed E-state index contributed by atoms with van der Waals surface area (Å²) >= 11 is 3.06. The van der Waals surface area contributed by atoms with Gasteiger partial charge in [-0.15, -0.1) is 21.5 Å². The van der Waals surface area contributed by atoms with E-state index in [1.165, 1.54) is 22.5 Å². The van der Waals surface area contributed by atoms with E-state index in [-0.39, 0.29) is 5.91 Å². The fourth-order valence-corrected chi connectivity index (χ4v) is 5.30. The Kier molecular flexibility index (Phi) is 6.43. The second kappa shape index (κ2) is 9.26. The molecule has 0 aliphatic carbocycles. The standard InChI is InChI=1S/C24H25N5OS2/c1-15-10-11-21(12-17(15)3)29(19(5)30)23-25-20(13-31-23)14-32-24-27-26-18(4)28(24)22-9-7-6-8-16(22)2/h6-13H,14H2,1-5H3. The van der Waals surface area contributed by atoms with Gasteiger partial charge < -0.3 is 0 Å². The Morgan fingerprint density at radius 2 is 1.81 bits per heavy atom. The zero-order chi connectivity index (χ0) is 22.8. The number of rotatable bonds is 6. The van der Waals surface area contributed by atoms with Crippen molar-refractivity contribution in [1.29, 1.82) is 0 Å². The Balaban J connectivity index is 1.56. The number of thioether (sulfide) groups is 1. The van der Waals surface area contributed by atoms with Crippen LogP contribution in [0.1, 0.15) is 35.1 Å². The first-order chi connectivity index (χ1) is 15.3. The molecule has 8 heteroatoms. The SMILES string of the molecule is CC(=O)N(c1ccc(C)c(C)c1)c1nc(CSc2nnc(C)n2-c2ccccc2C)cs1. The van der Waals surface area contributed by atoms with Gasteiger partial charge in [-0.05, 0) is 62.6 Å². The third kappa shape index (κ3) is 4.47. The Morgan fingerprint density at radius 1 is 1.03 bits per heavy atom. The maximum Gasteiger partial charge on any atom is 0.230 e. The van der Waals surface area contributed by atoms with E-state index in [2.05, 4.69) is 40.7 Å². The van der Waals surface area contributed by atoms with Gasteiger partial charge in [-0.2, -0.15) is 0 Å². The molecule has 164 valence electrons. The van der Waals surface area contributed by atoms with Gasteiger partial charge in [-0.1, -0.05) is 36.0 Å². The molecular formula is C24H25N5OS2. The highest BCUT2D eigenvalue weighted by Gasteiger charge is 2.19. The third-order valence-corrected chi connectivity index (χ3v) is 7.13. The molecule has 2 aromatic carbocycles. The number of para-hydroxylation sites is 1. The first kappa shape index (κ1) is 22.2. The fourth-order valence-electron chi connectivity index (χ4n) is 3.42. The molecule has 2 aromatic heterocycles. The topological polar surface area (TPSA) is 63.9 Å². The normalized spacial score (nSPS) is 11.0. The first-order valence-electron chi connectivity index (χ1n) is 10.3. The quantitative estimate of drug-likeness (QED) is 0.331. The van der Waals surface area contributed by atoms with E-state index in [9.17, 15) is 4.79 Å². The maximum atomic E-state index is 12.4. The minimum Gasteiger partial charge on any atom is -0.274 e. The van der Waals surface area contributed by atoms with E-state index in [0.29, 0.717) is 10.9 Å². The number of thiazole rings is 1. The number of nitrogens with zero attached hydrogens (tertiary/aromatic N) is 5. The number of anilines is 2. The first-order valence-corrected chi connectivity index (χ1v) is 12.1. The van der Waals surface area contributed by atoms with Crippen molar-refractivity contribution in [3.8, 4) is 5.69 Å². The predicted octanol–water partition coefficient (Wildman–Crippen LogP) is 5.93. The Morgan fingerprint density at radius 3 is 2.53 bits per heavy atom. The summed E-state index contributed by atoms with van der Waals surface area (Å²) in [7, 11) is 0.